The van der Waals surface area contributed by atoms with Crippen LogP contribution in [0.2, 0.25) is 0 Å². The summed E-state index contributed by atoms with van der Waals surface area (Å²) in [5.74, 6) is -0.325. The Morgan fingerprint density at radius 1 is 1.26 bits per heavy atom. The van der Waals surface area contributed by atoms with Crippen molar-refractivity contribution in [2.24, 2.45) is 11.3 Å². The molecule has 1 saturated heterocycles. The van der Waals surface area contributed by atoms with Crippen LogP contribution in [0.15, 0.2) is 0 Å². The first-order chi connectivity index (χ1) is 9.13. The smallest absolute Gasteiger partial charge is 0.308 e. The molecular formula is C14H20N2O3. The van der Waals surface area contributed by atoms with Gasteiger partial charge in [-0.2, -0.15) is 5.26 Å². The van der Waals surface area contributed by atoms with Crippen molar-refractivity contribution >= 4 is 11.9 Å². The second kappa shape index (κ2) is 5.60. The minimum Gasteiger partial charge on any atom is -0.469 e. The van der Waals surface area contributed by atoms with Gasteiger partial charge in [0.25, 0.3) is 0 Å². The van der Waals surface area contributed by atoms with E-state index in [4.69, 9.17) is 4.74 Å². The SMILES string of the molecule is COC(=O)C1CCN(C(=O)C2(C#N)CCCC2)CC1. The molecule has 104 valence electrons. The van der Waals surface area contributed by atoms with Gasteiger partial charge in [0.2, 0.25) is 5.91 Å². The van der Waals surface area contributed by atoms with Crippen molar-refractivity contribution in [3.8, 4) is 6.07 Å². The third kappa shape index (κ3) is 2.58. The Bertz CT molecular complexity index is 399. The van der Waals surface area contributed by atoms with E-state index in [2.05, 4.69) is 6.07 Å². The van der Waals surface area contributed by atoms with Crippen molar-refractivity contribution in [3.63, 3.8) is 0 Å². The zero-order valence-electron chi connectivity index (χ0n) is 11.4. The fraction of sp³-hybridized carbons (Fsp3) is 0.786. The van der Waals surface area contributed by atoms with E-state index >= 15 is 0 Å². The number of nitriles is 1. The van der Waals surface area contributed by atoms with E-state index in [9.17, 15) is 14.9 Å². The predicted octanol–water partition coefficient (Wildman–Crippen LogP) is 1.48. The highest BCUT2D eigenvalue weighted by Crippen LogP contribution is 2.39. The summed E-state index contributed by atoms with van der Waals surface area (Å²) in [6.07, 6.45) is 4.55. The van der Waals surface area contributed by atoms with Gasteiger partial charge in [-0.1, -0.05) is 12.8 Å². The van der Waals surface area contributed by atoms with Crippen molar-refractivity contribution in [1.82, 2.24) is 4.90 Å². The minimum absolute atomic E-state index is 0.0317. The van der Waals surface area contributed by atoms with Crippen molar-refractivity contribution < 1.29 is 14.3 Å². The van der Waals surface area contributed by atoms with Crippen molar-refractivity contribution in [2.45, 2.75) is 38.5 Å². The molecule has 0 aromatic rings. The standard InChI is InChI=1S/C14H20N2O3/c1-19-12(17)11-4-8-16(9-5-11)13(18)14(10-15)6-2-3-7-14/h11H,2-9H2,1H3. The van der Waals surface area contributed by atoms with Crippen LogP contribution in [0.1, 0.15) is 38.5 Å². The van der Waals surface area contributed by atoms with E-state index in [0.29, 0.717) is 38.8 Å². The van der Waals surface area contributed by atoms with E-state index in [1.807, 2.05) is 0 Å². The first kappa shape index (κ1) is 13.9. The summed E-state index contributed by atoms with van der Waals surface area (Å²) in [6, 6.07) is 2.24. The fourth-order valence-corrected chi connectivity index (χ4v) is 3.14. The fourth-order valence-electron chi connectivity index (χ4n) is 3.14. The summed E-state index contributed by atoms with van der Waals surface area (Å²) in [5, 5.41) is 9.32. The zero-order chi connectivity index (χ0) is 13.9. The van der Waals surface area contributed by atoms with Crippen LogP contribution < -0.4 is 0 Å². The number of hydrogen-bond acceptors (Lipinski definition) is 4. The van der Waals surface area contributed by atoms with Crippen LogP contribution in [0, 0.1) is 22.7 Å². The lowest BCUT2D eigenvalue weighted by Gasteiger charge is -2.34. The molecule has 1 aliphatic carbocycles. The summed E-state index contributed by atoms with van der Waals surface area (Å²) in [4.78, 5) is 25.7. The molecule has 1 saturated carbocycles. The Morgan fingerprint density at radius 3 is 2.32 bits per heavy atom. The summed E-state index contributed by atoms with van der Waals surface area (Å²) in [5.41, 5.74) is -0.794. The van der Waals surface area contributed by atoms with E-state index in [-0.39, 0.29) is 17.8 Å². The van der Waals surface area contributed by atoms with E-state index in [1.165, 1.54) is 7.11 Å². The van der Waals surface area contributed by atoms with E-state index in [1.54, 1.807) is 4.90 Å². The summed E-state index contributed by atoms with van der Waals surface area (Å²) >= 11 is 0. The Hall–Kier alpha value is -1.57. The van der Waals surface area contributed by atoms with E-state index in [0.717, 1.165) is 12.8 Å². The molecule has 1 amide bonds. The number of amides is 1. The van der Waals surface area contributed by atoms with Gasteiger partial charge in [0.15, 0.2) is 0 Å². The average molecular weight is 264 g/mol. The Balaban J connectivity index is 1.96. The number of rotatable bonds is 2. The highest BCUT2D eigenvalue weighted by Gasteiger charge is 2.44. The number of esters is 1. The molecule has 0 aromatic carbocycles. The number of hydrogen-bond donors (Lipinski definition) is 0. The lowest BCUT2D eigenvalue weighted by atomic mass is 9.85. The molecule has 0 unspecified atom stereocenters. The first-order valence-electron chi connectivity index (χ1n) is 6.91. The van der Waals surface area contributed by atoms with Gasteiger partial charge in [-0.05, 0) is 25.7 Å². The van der Waals surface area contributed by atoms with Gasteiger partial charge < -0.3 is 9.64 Å². The maximum absolute atomic E-state index is 12.5. The number of piperidine rings is 1. The van der Waals surface area contributed by atoms with Crippen LogP contribution in [0.25, 0.3) is 0 Å². The highest BCUT2D eigenvalue weighted by molar-refractivity contribution is 5.86. The topological polar surface area (TPSA) is 70.4 Å². The lowest BCUT2D eigenvalue weighted by Crippen LogP contribution is -2.46. The molecule has 0 radical (unpaired) electrons. The molecule has 19 heavy (non-hydrogen) atoms. The van der Waals surface area contributed by atoms with Crippen molar-refractivity contribution in [2.75, 3.05) is 20.2 Å². The lowest BCUT2D eigenvalue weighted by molar-refractivity contribution is -0.150. The molecule has 5 heteroatoms. The molecule has 2 fully saturated rings. The van der Waals surface area contributed by atoms with Crippen molar-refractivity contribution in [3.05, 3.63) is 0 Å². The second-order valence-corrected chi connectivity index (χ2v) is 5.49. The number of carbonyl (C=O) groups excluding carboxylic acids is 2. The largest absolute Gasteiger partial charge is 0.469 e. The molecule has 2 rings (SSSR count). The summed E-state index contributed by atoms with van der Waals surface area (Å²) in [7, 11) is 1.39. The minimum atomic E-state index is -0.794. The zero-order valence-corrected chi connectivity index (χ0v) is 11.4. The van der Waals surface area contributed by atoms with Gasteiger partial charge in [0, 0.05) is 13.1 Å². The number of likely N-dealkylation sites (tertiary alicyclic amines) is 1. The quantitative estimate of drug-likeness (QED) is 0.708. The molecule has 0 atom stereocenters. The maximum Gasteiger partial charge on any atom is 0.308 e. The highest BCUT2D eigenvalue weighted by atomic mass is 16.5. The van der Waals surface area contributed by atoms with Crippen LogP contribution in [0.4, 0.5) is 0 Å². The van der Waals surface area contributed by atoms with Crippen molar-refractivity contribution in [1.29, 1.82) is 5.26 Å². The predicted molar refractivity (Wildman–Crippen MR) is 67.8 cm³/mol. The van der Waals surface area contributed by atoms with Crippen LogP contribution >= 0.6 is 0 Å². The van der Waals surface area contributed by atoms with Crippen LogP contribution in [-0.4, -0.2) is 37.0 Å². The maximum atomic E-state index is 12.5. The number of methoxy groups -OCH3 is 1. The van der Waals surface area contributed by atoms with Crippen LogP contribution in [0.5, 0.6) is 0 Å². The normalized spacial score (nSPS) is 22.8. The monoisotopic (exact) mass is 264 g/mol. The van der Waals surface area contributed by atoms with Gasteiger partial charge in [-0.15, -0.1) is 0 Å². The average Bonchev–Trinajstić information content (AvgIpc) is 2.96. The second-order valence-electron chi connectivity index (χ2n) is 5.49. The first-order valence-corrected chi connectivity index (χ1v) is 6.91. The number of carbonyl (C=O) groups is 2. The molecule has 5 nitrogen and oxygen atoms in total. The third-order valence-electron chi connectivity index (χ3n) is 4.40. The Morgan fingerprint density at radius 2 is 1.84 bits per heavy atom. The molecule has 1 aliphatic heterocycles. The molecule has 0 bridgehead atoms. The van der Waals surface area contributed by atoms with Crippen LogP contribution in [-0.2, 0) is 14.3 Å². The summed E-state index contributed by atoms with van der Waals surface area (Å²) in [6.45, 7) is 1.12. The number of nitrogens with zero attached hydrogens (tertiary/aromatic N) is 2. The molecule has 2 aliphatic rings. The van der Waals surface area contributed by atoms with Gasteiger partial charge in [-0.25, -0.2) is 0 Å². The molecule has 0 N–H and O–H groups in total. The van der Waals surface area contributed by atoms with Gasteiger partial charge in [0.05, 0.1) is 19.1 Å². The number of ether oxygens (including phenoxy) is 1. The molecule has 0 aromatic heterocycles. The third-order valence-corrected chi connectivity index (χ3v) is 4.40. The molecule has 1 heterocycles. The summed E-state index contributed by atoms with van der Waals surface area (Å²) < 4.78 is 4.73. The van der Waals surface area contributed by atoms with E-state index < -0.39 is 5.41 Å². The van der Waals surface area contributed by atoms with Gasteiger partial charge in [0.1, 0.15) is 5.41 Å². The molecule has 0 spiro atoms. The van der Waals surface area contributed by atoms with Gasteiger partial charge in [-0.3, -0.25) is 9.59 Å². The van der Waals surface area contributed by atoms with Crippen LogP contribution in [0.3, 0.4) is 0 Å². The Kier molecular flexibility index (Phi) is 4.08. The van der Waals surface area contributed by atoms with Gasteiger partial charge >= 0.3 is 5.97 Å². The Labute approximate surface area is 113 Å². The molecular weight excluding hydrogens is 244 g/mol.